The van der Waals surface area contributed by atoms with E-state index < -0.39 is 0 Å². The molecule has 0 amide bonds. The molecule has 2 aromatic rings. The summed E-state index contributed by atoms with van der Waals surface area (Å²) < 4.78 is 1.11. The number of thiophene rings is 1. The van der Waals surface area contributed by atoms with Crippen LogP contribution in [-0.2, 0) is 5.88 Å². The molecule has 62 valence electrons. The van der Waals surface area contributed by atoms with Gasteiger partial charge in [0, 0.05) is 5.38 Å². The first-order valence-corrected chi connectivity index (χ1v) is 5.19. The predicted molar refractivity (Wildman–Crippen MR) is 54.2 cm³/mol. The van der Waals surface area contributed by atoms with E-state index in [0.29, 0.717) is 10.9 Å². The molecule has 0 aliphatic rings. The summed E-state index contributed by atoms with van der Waals surface area (Å²) in [7, 11) is 0. The number of hydrogen-bond donors (Lipinski definition) is 0. The van der Waals surface area contributed by atoms with Gasteiger partial charge >= 0.3 is 0 Å². The zero-order valence-corrected chi connectivity index (χ0v) is 8.38. The first-order chi connectivity index (χ1) is 5.81. The quantitative estimate of drug-likeness (QED) is 0.665. The molecular weight excluding hydrogens is 213 g/mol. The summed E-state index contributed by atoms with van der Waals surface area (Å²) in [5, 5.41) is 2.60. The number of rotatable bonds is 1. The van der Waals surface area contributed by atoms with Crippen molar-refractivity contribution >= 4 is 44.8 Å². The molecule has 0 saturated carbocycles. The van der Waals surface area contributed by atoms with Crippen molar-refractivity contribution in [2.75, 3.05) is 0 Å². The van der Waals surface area contributed by atoms with Gasteiger partial charge in [0.25, 0.3) is 0 Å². The van der Waals surface area contributed by atoms with E-state index in [9.17, 15) is 0 Å². The summed E-state index contributed by atoms with van der Waals surface area (Å²) in [6, 6.07) is 3.92. The fourth-order valence-corrected chi connectivity index (χ4v) is 2.24. The van der Waals surface area contributed by atoms with Crippen LogP contribution in [0, 0.1) is 0 Å². The first kappa shape index (κ1) is 8.30. The smallest absolute Gasteiger partial charge is 0.0999 e. The average Bonchev–Trinajstić information content (AvgIpc) is 2.47. The molecule has 0 spiro atoms. The highest BCUT2D eigenvalue weighted by molar-refractivity contribution is 7.17. The number of hydrogen-bond acceptors (Lipinski definition) is 2. The van der Waals surface area contributed by atoms with Crippen LogP contribution in [0.2, 0.25) is 5.02 Å². The van der Waals surface area contributed by atoms with E-state index >= 15 is 0 Å². The van der Waals surface area contributed by atoms with Gasteiger partial charge in [0.2, 0.25) is 0 Å². The van der Waals surface area contributed by atoms with E-state index in [4.69, 9.17) is 23.2 Å². The van der Waals surface area contributed by atoms with Crippen molar-refractivity contribution in [3.63, 3.8) is 0 Å². The second-order valence-corrected chi connectivity index (χ2v) is 3.95. The summed E-state index contributed by atoms with van der Waals surface area (Å²) in [5.74, 6) is 0.433. The molecule has 0 atom stereocenters. The molecule has 0 fully saturated rings. The summed E-state index contributed by atoms with van der Waals surface area (Å²) in [5.41, 5.74) is 1.73. The maximum absolute atomic E-state index is 5.91. The Morgan fingerprint density at radius 1 is 1.42 bits per heavy atom. The Morgan fingerprint density at radius 3 is 3.00 bits per heavy atom. The molecule has 0 aliphatic carbocycles. The molecule has 0 bridgehead atoms. The van der Waals surface area contributed by atoms with Gasteiger partial charge < -0.3 is 0 Å². The molecule has 12 heavy (non-hydrogen) atoms. The molecule has 0 saturated heterocycles. The fraction of sp³-hybridized carbons (Fsp3) is 0.125. The Hall–Kier alpha value is -0.310. The monoisotopic (exact) mass is 217 g/mol. The molecule has 0 unspecified atom stereocenters. The molecular formula is C8H5Cl2NS. The maximum Gasteiger partial charge on any atom is 0.0999 e. The lowest BCUT2D eigenvalue weighted by molar-refractivity contribution is 1.22. The zero-order valence-electron chi connectivity index (χ0n) is 6.05. The molecule has 1 nitrogen and oxygen atoms in total. The second-order valence-electron chi connectivity index (χ2n) is 2.37. The van der Waals surface area contributed by atoms with E-state index in [2.05, 4.69) is 4.98 Å². The summed E-state index contributed by atoms with van der Waals surface area (Å²) in [4.78, 5) is 4.30. The van der Waals surface area contributed by atoms with Crippen molar-refractivity contribution in [2.24, 2.45) is 0 Å². The first-order valence-electron chi connectivity index (χ1n) is 3.40. The molecule has 4 heteroatoms. The molecule has 2 heterocycles. The van der Waals surface area contributed by atoms with Crippen LogP contribution in [0.5, 0.6) is 0 Å². The number of fused-ring (bicyclic) bond motifs is 1. The van der Waals surface area contributed by atoms with Crippen LogP contribution in [0.1, 0.15) is 5.69 Å². The Balaban J connectivity index is 2.71. The largest absolute Gasteiger partial charge is 0.249 e. The zero-order chi connectivity index (χ0) is 8.55. The van der Waals surface area contributed by atoms with Gasteiger partial charge in [-0.25, -0.2) is 4.98 Å². The maximum atomic E-state index is 5.91. The van der Waals surface area contributed by atoms with Gasteiger partial charge in [-0.3, -0.25) is 0 Å². The van der Waals surface area contributed by atoms with Crippen molar-refractivity contribution in [3.05, 3.63) is 28.2 Å². The standard InChI is InChI=1S/C8H5Cl2NS/c9-3-5-1-2-7-8(11-5)6(10)4-12-7/h1-2,4H,3H2. The van der Waals surface area contributed by atoms with Crippen molar-refractivity contribution in [3.8, 4) is 0 Å². The SMILES string of the molecule is ClCc1ccc2scc(Cl)c2n1. The minimum Gasteiger partial charge on any atom is -0.249 e. The van der Waals surface area contributed by atoms with Gasteiger partial charge in [0.05, 0.1) is 26.8 Å². The predicted octanol–water partition coefficient (Wildman–Crippen LogP) is 3.69. The van der Waals surface area contributed by atoms with Crippen LogP contribution >= 0.6 is 34.5 Å². The third-order valence-electron chi connectivity index (χ3n) is 1.57. The summed E-state index contributed by atoms with van der Waals surface area (Å²) in [6.07, 6.45) is 0. The fourth-order valence-electron chi connectivity index (χ4n) is 0.998. The summed E-state index contributed by atoms with van der Waals surface area (Å²) >= 11 is 13.1. The molecule has 0 radical (unpaired) electrons. The van der Waals surface area contributed by atoms with Crippen LogP contribution in [0.15, 0.2) is 17.5 Å². The lowest BCUT2D eigenvalue weighted by atomic mass is 10.3. The minimum absolute atomic E-state index is 0.433. The van der Waals surface area contributed by atoms with Crippen LogP contribution < -0.4 is 0 Å². The number of pyridine rings is 1. The van der Waals surface area contributed by atoms with Crippen LogP contribution in [0.25, 0.3) is 10.2 Å². The van der Waals surface area contributed by atoms with Crippen molar-refractivity contribution < 1.29 is 0 Å². The molecule has 0 N–H and O–H groups in total. The van der Waals surface area contributed by atoms with Crippen molar-refractivity contribution in [1.82, 2.24) is 4.98 Å². The third-order valence-corrected chi connectivity index (χ3v) is 3.20. The lowest BCUT2D eigenvalue weighted by Gasteiger charge is -1.93. The van der Waals surface area contributed by atoms with Crippen LogP contribution in [-0.4, -0.2) is 4.98 Å². The third kappa shape index (κ3) is 1.30. The Morgan fingerprint density at radius 2 is 2.25 bits per heavy atom. The van der Waals surface area contributed by atoms with Gasteiger partial charge in [0.15, 0.2) is 0 Å². The van der Waals surface area contributed by atoms with Crippen LogP contribution in [0.3, 0.4) is 0 Å². The second kappa shape index (κ2) is 3.21. The Kier molecular flexibility index (Phi) is 2.22. The van der Waals surface area contributed by atoms with Crippen LogP contribution in [0.4, 0.5) is 0 Å². The highest BCUT2D eigenvalue weighted by atomic mass is 35.5. The summed E-state index contributed by atoms with van der Waals surface area (Å²) in [6.45, 7) is 0. The van der Waals surface area contributed by atoms with E-state index in [1.807, 2.05) is 17.5 Å². The van der Waals surface area contributed by atoms with Crippen molar-refractivity contribution in [2.45, 2.75) is 5.88 Å². The van der Waals surface area contributed by atoms with E-state index in [1.54, 1.807) is 11.3 Å². The van der Waals surface area contributed by atoms with E-state index in [-0.39, 0.29) is 0 Å². The molecule has 2 aromatic heterocycles. The van der Waals surface area contributed by atoms with Gasteiger partial charge in [-0.1, -0.05) is 11.6 Å². The lowest BCUT2D eigenvalue weighted by Crippen LogP contribution is -1.82. The number of halogens is 2. The number of aromatic nitrogens is 1. The number of nitrogens with zero attached hydrogens (tertiary/aromatic N) is 1. The number of alkyl halides is 1. The Bertz CT molecular complexity index is 410. The normalized spacial score (nSPS) is 10.8. The van der Waals surface area contributed by atoms with Gasteiger partial charge in [-0.15, -0.1) is 22.9 Å². The van der Waals surface area contributed by atoms with E-state index in [1.165, 1.54) is 0 Å². The Labute approximate surface area is 83.9 Å². The van der Waals surface area contributed by atoms with Gasteiger partial charge in [-0.2, -0.15) is 0 Å². The van der Waals surface area contributed by atoms with Crippen molar-refractivity contribution in [1.29, 1.82) is 0 Å². The highest BCUT2D eigenvalue weighted by Gasteiger charge is 2.03. The van der Waals surface area contributed by atoms with E-state index in [0.717, 1.165) is 15.9 Å². The average molecular weight is 218 g/mol. The molecule has 0 aromatic carbocycles. The highest BCUT2D eigenvalue weighted by Crippen LogP contribution is 2.28. The minimum atomic E-state index is 0.433. The molecule has 0 aliphatic heterocycles. The topological polar surface area (TPSA) is 12.9 Å². The van der Waals surface area contributed by atoms with Gasteiger partial charge in [-0.05, 0) is 12.1 Å². The van der Waals surface area contributed by atoms with Gasteiger partial charge in [0.1, 0.15) is 0 Å². The molecule has 2 rings (SSSR count).